The van der Waals surface area contributed by atoms with Crippen LogP contribution in [0.3, 0.4) is 0 Å². The summed E-state index contributed by atoms with van der Waals surface area (Å²) in [5.74, 6) is 3.82. The van der Waals surface area contributed by atoms with E-state index in [2.05, 4.69) is 35.5 Å². The summed E-state index contributed by atoms with van der Waals surface area (Å²) >= 11 is 3.67. The van der Waals surface area contributed by atoms with Gasteiger partial charge in [-0.25, -0.2) is 9.97 Å². The number of hydrogen-bond acceptors (Lipinski definition) is 6. The number of imidazole rings is 1. The van der Waals surface area contributed by atoms with Gasteiger partial charge in [-0.05, 0) is 60.2 Å². The van der Waals surface area contributed by atoms with Crippen LogP contribution in [0.2, 0.25) is 0 Å². The Morgan fingerprint density at radius 2 is 2.09 bits per heavy atom. The summed E-state index contributed by atoms with van der Waals surface area (Å²) < 4.78 is 13.7. The molecule has 0 radical (unpaired) electrons. The fraction of sp³-hybridized carbons (Fsp3) is 0.480. The van der Waals surface area contributed by atoms with E-state index in [9.17, 15) is 4.79 Å². The van der Waals surface area contributed by atoms with Gasteiger partial charge >= 0.3 is 0 Å². The van der Waals surface area contributed by atoms with E-state index >= 15 is 0 Å². The molecule has 0 unspecified atom stereocenters. The van der Waals surface area contributed by atoms with Gasteiger partial charge in [0.25, 0.3) is 0 Å². The van der Waals surface area contributed by atoms with Crippen molar-refractivity contribution in [2.75, 3.05) is 26.1 Å². The molecule has 1 saturated carbocycles. The van der Waals surface area contributed by atoms with Crippen LogP contribution in [0.1, 0.15) is 49.4 Å². The van der Waals surface area contributed by atoms with Crippen LogP contribution < -0.4 is 14.8 Å². The summed E-state index contributed by atoms with van der Waals surface area (Å²) in [6.07, 6.45) is 9.05. The highest BCUT2D eigenvalue weighted by Gasteiger charge is 2.60. The molecule has 34 heavy (non-hydrogen) atoms. The number of ether oxygens (including phenoxy) is 2. The summed E-state index contributed by atoms with van der Waals surface area (Å²) in [4.78, 5) is 24.6. The number of amides is 1. The normalized spacial score (nSPS) is 22.8. The average molecular weight is 526 g/mol. The summed E-state index contributed by atoms with van der Waals surface area (Å²) in [6.45, 7) is 1.30. The number of benzene rings is 1. The number of halogens is 1. The van der Waals surface area contributed by atoms with E-state index in [0.29, 0.717) is 18.5 Å². The highest BCUT2D eigenvalue weighted by Crippen LogP contribution is 2.57. The Kier molecular flexibility index (Phi) is 5.20. The third-order valence-corrected chi connectivity index (χ3v) is 8.30. The molecule has 1 aromatic carbocycles. The van der Waals surface area contributed by atoms with E-state index in [1.807, 2.05) is 24.4 Å². The maximum atomic E-state index is 13.0. The second-order valence-corrected chi connectivity index (χ2v) is 10.4. The zero-order chi connectivity index (χ0) is 23.4. The minimum atomic E-state index is -0.0156. The average Bonchev–Trinajstić information content (AvgIpc) is 3.50. The highest BCUT2D eigenvalue weighted by atomic mass is 79.9. The lowest BCUT2D eigenvalue weighted by Crippen LogP contribution is -2.41. The molecule has 2 saturated heterocycles. The molecule has 1 amide bonds. The van der Waals surface area contributed by atoms with E-state index in [-0.39, 0.29) is 11.3 Å². The fourth-order valence-electron chi connectivity index (χ4n) is 5.72. The van der Waals surface area contributed by atoms with Crippen molar-refractivity contribution in [3.63, 3.8) is 0 Å². The lowest BCUT2D eigenvalue weighted by atomic mass is 9.91. The number of carbonyl (C=O) groups excluding carboxylic acids is 1. The van der Waals surface area contributed by atoms with E-state index in [0.717, 1.165) is 77.5 Å². The first-order valence-corrected chi connectivity index (χ1v) is 12.6. The molecule has 3 aromatic rings. The maximum absolute atomic E-state index is 13.0. The van der Waals surface area contributed by atoms with Gasteiger partial charge in [0.1, 0.15) is 27.4 Å². The van der Waals surface area contributed by atoms with E-state index in [4.69, 9.17) is 14.5 Å². The van der Waals surface area contributed by atoms with Crippen molar-refractivity contribution in [3.8, 4) is 11.5 Å². The first kappa shape index (κ1) is 21.7. The number of hydrogen-bond donors (Lipinski definition) is 1. The second kappa shape index (κ2) is 8.15. The molecule has 1 N–H and O–H groups in total. The van der Waals surface area contributed by atoms with Crippen LogP contribution in [0.15, 0.2) is 35.2 Å². The number of methoxy groups -OCH3 is 2. The van der Waals surface area contributed by atoms with Gasteiger partial charge in [-0.15, -0.1) is 0 Å². The molecule has 178 valence electrons. The Morgan fingerprint density at radius 1 is 1.24 bits per heavy atom. The molecule has 3 fully saturated rings. The molecule has 1 spiro atoms. The van der Waals surface area contributed by atoms with E-state index in [1.165, 1.54) is 0 Å². The van der Waals surface area contributed by atoms with Crippen LogP contribution in [0, 0.1) is 5.41 Å². The fourth-order valence-corrected chi connectivity index (χ4v) is 6.29. The van der Waals surface area contributed by atoms with Gasteiger partial charge in [0.15, 0.2) is 5.82 Å². The van der Waals surface area contributed by atoms with Crippen LogP contribution in [-0.2, 0) is 11.3 Å². The molecule has 2 atom stereocenters. The number of nitrogens with one attached hydrogen (secondary N) is 1. The molecule has 4 heterocycles. The number of nitrogens with zero attached hydrogens (tertiary/aromatic N) is 4. The van der Waals surface area contributed by atoms with Gasteiger partial charge < -0.3 is 19.7 Å². The zero-order valence-electron chi connectivity index (χ0n) is 19.4. The Bertz CT molecular complexity index is 1270. The lowest BCUT2D eigenvalue weighted by molar-refractivity contribution is -0.134. The van der Waals surface area contributed by atoms with Gasteiger partial charge in [0, 0.05) is 49.1 Å². The molecule has 3 aliphatic rings. The van der Waals surface area contributed by atoms with E-state index in [1.54, 1.807) is 20.4 Å². The van der Waals surface area contributed by atoms with Gasteiger partial charge in [-0.3, -0.25) is 9.20 Å². The molecule has 9 heteroatoms. The Morgan fingerprint density at radius 3 is 2.85 bits per heavy atom. The summed E-state index contributed by atoms with van der Waals surface area (Å²) in [5, 5.41) is 3.45. The zero-order valence-corrected chi connectivity index (χ0v) is 21.0. The van der Waals surface area contributed by atoms with Crippen molar-refractivity contribution in [2.24, 2.45) is 5.41 Å². The molecular formula is C25H28BrN5O3. The van der Waals surface area contributed by atoms with Crippen molar-refractivity contribution in [1.82, 2.24) is 19.3 Å². The Balaban J connectivity index is 1.26. The minimum absolute atomic E-state index is 0.0156. The van der Waals surface area contributed by atoms with Crippen LogP contribution in [0.5, 0.6) is 11.5 Å². The highest BCUT2D eigenvalue weighted by molar-refractivity contribution is 9.10. The SMILES string of the molecule is COc1ccc(CNc2nccn3c([C@H]4CC[C@H]5CC6(CC6)C(=O)N5C4)nc(Br)c23)c(OC)c1. The molecular weight excluding hydrogens is 498 g/mol. The van der Waals surface area contributed by atoms with Crippen molar-refractivity contribution in [3.05, 3.63) is 46.6 Å². The molecule has 6 rings (SSSR count). The van der Waals surface area contributed by atoms with Gasteiger partial charge in [-0.1, -0.05) is 0 Å². The van der Waals surface area contributed by atoms with Crippen molar-refractivity contribution in [1.29, 1.82) is 0 Å². The lowest BCUT2D eigenvalue weighted by Gasteiger charge is -2.34. The smallest absolute Gasteiger partial charge is 0.229 e. The van der Waals surface area contributed by atoms with E-state index < -0.39 is 0 Å². The number of aromatic nitrogens is 3. The van der Waals surface area contributed by atoms with Crippen LogP contribution in [0.25, 0.3) is 5.52 Å². The van der Waals surface area contributed by atoms with Crippen molar-refractivity contribution in [2.45, 2.75) is 50.6 Å². The quantitative estimate of drug-likeness (QED) is 0.514. The summed E-state index contributed by atoms with van der Waals surface area (Å²) in [6, 6.07) is 6.20. The van der Waals surface area contributed by atoms with Crippen LogP contribution in [-0.4, -0.2) is 52.0 Å². The predicted molar refractivity (Wildman–Crippen MR) is 131 cm³/mol. The number of carbonyl (C=O) groups is 1. The maximum Gasteiger partial charge on any atom is 0.229 e. The van der Waals surface area contributed by atoms with Crippen LogP contribution in [0.4, 0.5) is 5.82 Å². The molecule has 8 nitrogen and oxygen atoms in total. The van der Waals surface area contributed by atoms with Crippen molar-refractivity contribution >= 4 is 33.2 Å². The van der Waals surface area contributed by atoms with Gasteiger partial charge in [0.2, 0.25) is 5.91 Å². The molecule has 1 aliphatic carbocycles. The van der Waals surface area contributed by atoms with Crippen molar-refractivity contribution < 1.29 is 14.3 Å². The van der Waals surface area contributed by atoms with Gasteiger partial charge in [-0.2, -0.15) is 0 Å². The first-order chi connectivity index (χ1) is 16.5. The largest absolute Gasteiger partial charge is 0.497 e. The predicted octanol–water partition coefficient (Wildman–Crippen LogP) is 4.38. The third kappa shape index (κ3) is 3.43. The summed E-state index contributed by atoms with van der Waals surface area (Å²) in [5.41, 5.74) is 1.89. The second-order valence-electron chi connectivity index (χ2n) is 9.66. The number of piperidine rings is 1. The minimum Gasteiger partial charge on any atom is -0.497 e. The Hall–Kier alpha value is -2.81. The topological polar surface area (TPSA) is 81.0 Å². The Labute approximate surface area is 206 Å². The standard InChI is InChI=1S/C25H28BrN5O3/c1-33-18-6-4-15(19(11-18)34-2)13-28-22-20-21(26)29-23(30(20)10-9-27-22)16-3-5-17-12-25(7-8-25)24(32)31(17)14-16/h4,6,9-11,16-17H,3,5,7-8,12-14H2,1-2H3,(H,27,28)/t16-,17-/m0/s1. The molecule has 2 aliphatic heterocycles. The molecule has 0 bridgehead atoms. The first-order valence-electron chi connectivity index (χ1n) is 11.8. The van der Waals surface area contributed by atoms with Crippen LogP contribution >= 0.6 is 15.9 Å². The van der Waals surface area contributed by atoms with Gasteiger partial charge in [0.05, 0.1) is 19.6 Å². The number of rotatable bonds is 6. The third-order valence-electron chi connectivity index (χ3n) is 7.75. The number of fused-ring (bicyclic) bond motifs is 2. The molecule has 2 aromatic heterocycles. The monoisotopic (exact) mass is 525 g/mol. The summed E-state index contributed by atoms with van der Waals surface area (Å²) in [7, 11) is 3.30. The number of anilines is 1.